The predicted molar refractivity (Wildman–Crippen MR) is 52.2 cm³/mol. The van der Waals surface area contributed by atoms with Crippen molar-refractivity contribution in [2.24, 2.45) is 13.0 Å². The van der Waals surface area contributed by atoms with E-state index in [2.05, 4.69) is 23.4 Å². The van der Waals surface area contributed by atoms with Crippen LogP contribution in [0.1, 0.15) is 25.5 Å². The van der Waals surface area contributed by atoms with E-state index in [1.54, 1.807) is 0 Å². The zero-order chi connectivity index (χ0) is 9.26. The molecule has 0 aromatic carbocycles. The summed E-state index contributed by atoms with van der Waals surface area (Å²) in [6.45, 7) is 3.22. The van der Waals surface area contributed by atoms with Crippen molar-refractivity contribution >= 4 is 0 Å². The monoisotopic (exact) mass is 179 g/mol. The third kappa shape index (κ3) is 2.10. The molecule has 0 bridgehead atoms. The topological polar surface area (TPSA) is 29.9 Å². The number of rotatable bonds is 3. The maximum absolute atomic E-state index is 4.31. The predicted octanol–water partition coefficient (Wildman–Crippen LogP) is 1.31. The SMILES string of the molecule is CC1CC(NCc2ccn(C)n2)C1. The number of hydrogen-bond acceptors (Lipinski definition) is 2. The molecule has 72 valence electrons. The smallest absolute Gasteiger partial charge is 0.0762 e. The molecule has 13 heavy (non-hydrogen) atoms. The molecule has 1 N–H and O–H groups in total. The molecule has 1 saturated carbocycles. The average Bonchev–Trinajstić information content (AvgIpc) is 2.43. The summed E-state index contributed by atoms with van der Waals surface area (Å²) in [7, 11) is 1.95. The van der Waals surface area contributed by atoms with E-state index in [1.807, 2.05) is 17.9 Å². The highest BCUT2D eigenvalue weighted by atomic mass is 15.3. The molecule has 3 nitrogen and oxygen atoms in total. The van der Waals surface area contributed by atoms with Crippen LogP contribution in [-0.4, -0.2) is 15.8 Å². The molecule has 0 amide bonds. The van der Waals surface area contributed by atoms with Crippen LogP contribution in [0.3, 0.4) is 0 Å². The molecule has 1 aliphatic carbocycles. The van der Waals surface area contributed by atoms with Gasteiger partial charge in [-0.25, -0.2) is 0 Å². The van der Waals surface area contributed by atoms with Gasteiger partial charge in [0.1, 0.15) is 0 Å². The van der Waals surface area contributed by atoms with E-state index in [4.69, 9.17) is 0 Å². The molecule has 2 rings (SSSR count). The summed E-state index contributed by atoms with van der Waals surface area (Å²) in [6.07, 6.45) is 4.64. The van der Waals surface area contributed by atoms with Crippen LogP contribution in [0, 0.1) is 5.92 Å². The quantitative estimate of drug-likeness (QED) is 0.758. The van der Waals surface area contributed by atoms with E-state index >= 15 is 0 Å². The van der Waals surface area contributed by atoms with E-state index in [-0.39, 0.29) is 0 Å². The Bertz CT molecular complexity index is 273. The fourth-order valence-electron chi connectivity index (χ4n) is 1.88. The number of aryl methyl sites for hydroxylation is 1. The van der Waals surface area contributed by atoms with E-state index in [0.29, 0.717) is 0 Å². The standard InChI is InChI=1S/C10H17N3/c1-8-5-10(6-8)11-7-9-3-4-13(2)12-9/h3-4,8,10-11H,5-7H2,1-2H3. The highest BCUT2D eigenvalue weighted by Crippen LogP contribution is 2.26. The van der Waals surface area contributed by atoms with Crippen LogP contribution in [0.15, 0.2) is 12.3 Å². The maximum Gasteiger partial charge on any atom is 0.0762 e. The first-order valence-corrected chi connectivity index (χ1v) is 4.96. The second-order valence-corrected chi connectivity index (χ2v) is 4.14. The van der Waals surface area contributed by atoms with E-state index in [1.165, 1.54) is 12.8 Å². The van der Waals surface area contributed by atoms with Crippen LogP contribution in [-0.2, 0) is 13.6 Å². The van der Waals surface area contributed by atoms with Gasteiger partial charge in [0.25, 0.3) is 0 Å². The van der Waals surface area contributed by atoms with Crippen molar-refractivity contribution in [3.8, 4) is 0 Å². The van der Waals surface area contributed by atoms with E-state index in [0.717, 1.165) is 24.2 Å². The average molecular weight is 179 g/mol. The molecule has 0 spiro atoms. The lowest BCUT2D eigenvalue weighted by Gasteiger charge is -2.33. The zero-order valence-electron chi connectivity index (χ0n) is 8.33. The number of hydrogen-bond donors (Lipinski definition) is 1. The highest BCUT2D eigenvalue weighted by Gasteiger charge is 2.24. The first-order chi connectivity index (χ1) is 6.24. The fraction of sp³-hybridized carbons (Fsp3) is 0.700. The molecule has 3 heteroatoms. The molecule has 0 atom stereocenters. The van der Waals surface area contributed by atoms with Crippen molar-refractivity contribution in [3.63, 3.8) is 0 Å². The van der Waals surface area contributed by atoms with Crippen LogP contribution in [0.4, 0.5) is 0 Å². The summed E-state index contributed by atoms with van der Waals surface area (Å²) in [4.78, 5) is 0. The zero-order valence-corrected chi connectivity index (χ0v) is 8.33. The third-order valence-corrected chi connectivity index (χ3v) is 2.71. The first kappa shape index (κ1) is 8.75. The molecule has 0 unspecified atom stereocenters. The Morgan fingerprint density at radius 1 is 1.62 bits per heavy atom. The maximum atomic E-state index is 4.31. The van der Waals surface area contributed by atoms with Crippen molar-refractivity contribution in [1.82, 2.24) is 15.1 Å². The Balaban J connectivity index is 1.74. The summed E-state index contributed by atoms with van der Waals surface area (Å²) < 4.78 is 1.85. The highest BCUT2D eigenvalue weighted by molar-refractivity contribution is 4.99. The summed E-state index contributed by atoms with van der Waals surface area (Å²) in [6, 6.07) is 2.80. The molecule has 0 radical (unpaired) electrons. The first-order valence-electron chi connectivity index (χ1n) is 4.96. The Labute approximate surface area is 79.1 Å². The number of nitrogens with zero attached hydrogens (tertiary/aromatic N) is 2. The van der Waals surface area contributed by atoms with Gasteiger partial charge in [-0.2, -0.15) is 5.10 Å². The van der Waals surface area contributed by atoms with Gasteiger partial charge in [0.15, 0.2) is 0 Å². The van der Waals surface area contributed by atoms with Crippen LogP contribution in [0.2, 0.25) is 0 Å². The minimum Gasteiger partial charge on any atom is -0.308 e. The van der Waals surface area contributed by atoms with Crippen LogP contribution in [0.25, 0.3) is 0 Å². The lowest BCUT2D eigenvalue weighted by Crippen LogP contribution is -2.39. The molecule has 1 heterocycles. The van der Waals surface area contributed by atoms with Crippen molar-refractivity contribution in [1.29, 1.82) is 0 Å². The molecule has 1 fully saturated rings. The van der Waals surface area contributed by atoms with Crippen LogP contribution in [0.5, 0.6) is 0 Å². The van der Waals surface area contributed by atoms with Gasteiger partial charge in [-0.05, 0) is 24.8 Å². The van der Waals surface area contributed by atoms with Gasteiger partial charge in [0, 0.05) is 25.8 Å². The molecular formula is C10H17N3. The summed E-state index contributed by atoms with van der Waals surface area (Å²) in [5, 5.41) is 7.82. The number of nitrogens with one attached hydrogen (secondary N) is 1. The minimum absolute atomic E-state index is 0.733. The second kappa shape index (κ2) is 3.50. The fourth-order valence-corrected chi connectivity index (χ4v) is 1.88. The van der Waals surface area contributed by atoms with E-state index < -0.39 is 0 Å². The molecular weight excluding hydrogens is 162 g/mol. The molecule has 1 aromatic rings. The van der Waals surface area contributed by atoms with Crippen molar-refractivity contribution in [3.05, 3.63) is 18.0 Å². The molecule has 1 aliphatic rings. The van der Waals surface area contributed by atoms with Crippen LogP contribution >= 0.6 is 0 Å². The molecule has 1 aromatic heterocycles. The lowest BCUT2D eigenvalue weighted by atomic mass is 9.82. The Morgan fingerprint density at radius 2 is 2.38 bits per heavy atom. The molecule has 0 aliphatic heterocycles. The lowest BCUT2D eigenvalue weighted by molar-refractivity contribution is 0.239. The van der Waals surface area contributed by atoms with Gasteiger partial charge in [-0.1, -0.05) is 6.92 Å². The van der Waals surface area contributed by atoms with Gasteiger partial charge >= 0.3 is 0 Å². The summed E-state index contributed by atoms with van der Waals surface area (Å²) >= 11 is 0. The van der Waals surface area contributed by atoms with Crippen molar-refractivity contribution < 1.29 is 0 Å². The van der Waals surface area contributed by atoms with Gasteiger partial charge in [0.05, 0.1) is 5.69 Å². The Morgan fingerprint density at radius 3 is 2.92 bits per heavy atom. The van der Waals surface area contributed by atoms with Gasteiger partial charge < -0.3 is 5.32 Å². The molecule has 0 saturated heterocycles. The van der Waals surface area contributed by atoms with Crippen LogP contribution < -0.4 is 5.32 Å². The number of aromatic nitrogens is 2. The van der Waals surface area contributed by atoms with Gasteiger partial charge in [0.2, 0.25) is 0 Å². The largest absolute Gasteiger partial charge is 0.308 e. The third-order valence-electron chi connectivity index (χ3n) is 2.71. The van der Waals surface area contributed by atoms with Crippen molar-refractivity contribution in [2.75, 3.05) is 0 Å². The van der Waals surface area contributed by atoms with Gasteiger partial charge in [-0.3, -0.25) is 4.68 Å². The van der Waals surface area contributed by atoms with E-state index in [9.17, 15) is 0 Å². The van der Waals surface area contributed by atoms with Gasteiger partial charge in [-0.15, -0.1) is 0 Å². The summed E-state index contributed by atoms with van der Waals surface area (Å²) in [5.74, 6) is 0.918. The second-order valence-electron chi connectivity index (χ2n) is 4.14. The normalized spacial score (nSPS) is 27.2. The minimum atomic E-state index is 0.733. The Kier molecular flexibility index (Phi) is 2.36. The van der Waals surface area contributed by atoms with Crippen molar-refractivity contribution in [2.45, 2.75) is 32.4 Å². The Hall–Kier alpha value is -0.830. The summed E-state index contributed by atoms with van der Waals surface area (Å²) in [5.41, 5.74) is 1.14.